The van der Waals surface area contributed by atoms with Gasteiger partial charge in [0.25, 0.3) is 0 Å². The monoisotopic (exact) mass is 273 g/mol. The van der Waals surface area contributed by atoms with Gasteiger partial charge in [0.2, 0.25) is 0 Å². The van der Waals surface area contributed by atoms with Crippen molar-refractivity contribution in [3.63, 3.8) is 0 Å². The summed E-state index contributed by atoms with van der Waals surface area (Å²) in [5.41, 5.74) is 2.39. The third kappa shape index (κ3) is 3.42. The highest BCUT2D eigenvalue weighted by atomic mass is 16.5. The van der Waals surface area contributed by atoms with Crippen LogP contribution in [0.1, 0.15) is 42.4 Å². The van der Waals surface area contributed by atoms with Crippen molar-refractivity contribution in [2.75, 3.05) is 7.05 Å². The van der Waals surface area contributed by atoms with Crippen LogP contribution in [0.2, 0.25) is 0 Å². The molecule has 0 aliphatic carbocycles. The number of rotatable bonds is 6. The zero-order valence-electron chi connectivity index (χ0n) is 12.7. The normalized spacial score (nSPS) is 11.1. The smallest absolute Gasteiger partial charge is 0.146 e. The number of hydrogen-bond donors (Lipinski definition) is 1. The van der Waals surface area contributed by atoms with E-state index in [0.29, 0.717) is 12.5 Å². The lowest BCUT2D eigenvalue weighted by atomic mass is 10.0. The number of ether oxygens (including phenoxy) is 1. The van der Waals surface area contributed by atoms with Gasteiger partial charge < -0.3 is 14.5 Å². The molecule has 0 amide bonds. The Hall–Kier alpha value is -1.74. The highest BCUT2D eigenvalue weighted by molar-refractivity contribution is 5.35. The molecule has 1 aromatic carbocycles. The van der Waals surface area contributed by atoms with Crippen molar-refractivity contribution in [3.05, 3.63) is 53.0 Å². The maximum absolute atomic E-state index is 5.92. The number of benzene rings is 1. The van der Waals surface area contributed by atoms with Crippen molar-refractivity contribution in [1.82, 2.24) is 5.32 Å². The van der Waals surface area contributed by atoms with Crippen molar-refractivity contribution in [2.45, 2.75) is 39.8 Å². The number of hydrogen-bond acceptors (Lipinski definition) is 3. The molecule has 0 aliphatic heterocycles. The van der Waals surface area contributed by atoms with Crippen molar-refractivity contribution >= 4 is 0 Å². The fourth-order valence-corrected chi connectivity index (χ4v) is 2.24. The number of nitrogens with one attached hydrogen (secondary N) is 1. The summed E-state index contributed by atoms with van der Waals surface area (Å²) in [6, 6.07) is 10.2. The summed E-state index contributed by atoms with van der Waals surface area (Å²) in [4.78, 5) is 0. The molecule has 1 heterocycles. The van der Waals surface area contributed by atoms with E-state index in [-0.39, 0.29) is 0 Å². The van der Waals surface area contributed by atoms with E-state index < -0.39 is 0 Å². The predicted molar refractivity (Wildman–Crippen MR) is 81.1 cm³/mol. The van der Waals surface area contributed by atoms with Crippen molar-refractivity contribution in [2.24, 2.45) is 0 Å². The Labute approximate surface area is 121 Å². The summed E-state index contributed by atoms with van der Waals surface area (Å²) >= 11 is 0. The quantitative estimate of drug-likeness (QED) is 0.863. The van der Waals surface area contributed by atoms with Crippen LogP contribution >= 0.6 is 0 Å². The fourth-order valence-electron chi connectivity index (χ4n) is 2.24. The van der Waals surface area contributed by atoms with Gasteiger partial charge in [-0.15, -0.1) is 0 Å². The Balaban J connectivity index is 2.07. The SMILES string of the molecule is CNCc1oc(COc2ccccc2C(C)C)cc1C. The lowest BCUT2D eigenvalue weighted by molar-refractivity contribution is 0.262. The molecule has 2 rings (SSSR count). The Morgan fingerprint density at radius 1 is 1.25 bits per heavy atom. The second-order valence-corrected chi connectivity index (χ2v) is 5.33. The van der Waals surface area contributed by atoms with E-state index in [1.54, 1.807) is 0 Å². The molecule has 0 aliphatic rings. The number of furan rings is 1. The van der Waals surface area contributed by atoms with Crippen LogP contribution in [-0.2, 0) is 13.2 Å². The molecule has 0 saturated heterocycles. The Kier molecular flexibility index (Phi) is 4.85. The summed E-state index contributed by atoms with van der Waals surface area (Å²) in [5.74, 6) is 3.23. The molecular formula is C17H23NO2. The molecule has 3 heteroatoms. The molecule has 0 unspecified atom stereocenters. The summed E-state index contributed by atoms with van der Waals surface area (Å²) in [6.45, 7) is 7.61. The molecule has 0 spiro atoms. The molecule has 0 saturated carbocycles. The topological polar surface area (TPSA) is 34.4 Å². The molecule has 1 aromatic heterocycles. The van der Waals surface area contributed by atoms with E-state index in [1.165, 1.54) is 5.56 Å². The summed E-state index contributed by atoms with van der Waals surface area (Å²) in [5, 5.41) is 3.10. The van der Waals surface area contributed by atoms with Gasteiger partial charge in [-0.1, -0.05) is 32.0 Å². The first-order valence-electron chi connectivity index (χ1n) is 7.06. The summed E-state index contributed by atoms with van der Waals surface area (Å²) < 4.78 is 11.7. The Morgan fingerprint density at radius 3 is 2.70 bits per heavy atom. The maximum Gasteiger partial charge on any atom is 0.146 e. The van der Waals surface area contributed by atoms with Crippen LogP contribution < -0.4 is 10.1 Å². The van der Waals surface area contributed by atoms with Gasteiger partial charge in [0.15, 0.2) is 0 Å². The second-order valence-electron chi connectivity index (χ2n) is 5.33. The minimum Gasteiger partial charge on any atom is -0.485 e. The molecule has 108 valence electrons. The predicted octanol–water partition coefficient (Wildman–Crippen LogP) is 4.01. The largest absolute Gasteiger partial charge is 0.485 e. The van der Waals surface area contributed by atoms with Gasteiger partial charge in [-0.05, 0) is 43.1 Å². The average Bonchev–Trinajstić information content (AvgIpc) is 2.78. The highest BCUT2D eigenvalue weighted by Gasteiger charge is 2.10. The zero-order chi connectivity index (χ0) is 14.5. The van der Waals surface area contributed by atoms with Gasteiger partial charge in [-0.25, -0.2) is 0 Å². The van der Waals surface area contributed by atoms with Gasteiger partial charge in [0.05, 0.1) is 6.54 Å². The van der Waals surface area contributed by atoms with E-state index in [1.807, 2.05) is 31.3 Å². The lowest BCUT2D eigenvalue weighted by Crippen LogP contribution is -2.04. The third-order valence-corrected chi connectivity index (χ3v) is 3.32. The van der Waals surface area contributed by atoms with Gasteiger partial charge in [-0.2, -0.15) is 0 Å². The van der Waals surface area contributed by atoms with E-state index in [9.17, 15) is 0 Å². The molecule has 0 bridgehead atoms. The molecule has 0 atom stereocenters. The van der Waals surface area contributed by atoms with Crippen LogP contribution in [0.25, 0.3) is 0 Å². The lowest BCUT2D eigenvalue weighted by Gasteiger charge is -2.12. The Morgan fingerprint density at radius 2 is 2.00 bits per heavy atom. The number of aryl methyl sites for hydroxylation is 1. The van der Waals surface area contributed by atoms with Crippen LogP contribution in [0.5, 0.6) is 5.75 Å². The van der Waals surface area contributed by atoms with Crippen molar-refractivity contribution < 1.29 is 9.15 Å². The minimum atomic E-state index is 0.449. The van der Waals surface area contributed by atoms with E-state index in [4.69, 9.17) is 9.15 Å². The van der Waals surface area contributed by atoms with Crippen LogP contribution in [0.3, 0.4) is 0 Å². The van der Waals surface area contributed by atoms with Crippen LogP contribution in [0.4, 0.5) is 0 Å². The molecule has 2 aromatic rings. The molecule has 0 fully saturated rings. The first-order chi connectivity index (χ1) is 9.61. The van der Waals surface area contributed by atoms with E-state index >= 15 is 0 Å². The average molecular weight is 273 g/mol. The van der Waals surface area contributed by atoms with Gasteiger partial charge in [-0.3, -0.25) is 0 Å². The van der Waals surface area contributed by atoms with Gasteiger partial charge in [0, 0.05) is 0 Å². The number of para-hydroxylation sites is 1. The fraction of sp³-hybridized carbons (Fsp3) is 0.412. The molecule has 1 N–H and O–H groups in total. The molecule has 0 radical (unpaired) electrons. The van der Waals surface area contributed by atoms with Crippen LogP contribution in [0, 0.1) is 6.92 Å². The maximum atomic E-state index is 5.92. The van der Waals surface area contributed by atoms with Gasteiger partial charge >= 0.3 is 0 Å². The minimum absolute atomic E-state index is 0.449. The highest BCUT2D eigenvalue weighted by Crippen LogP contribution is 2.27. The standard InChI is InChI=1S/C17H23NO2/c1-12(2)15-7-5-6-8-16(15)19-11-14-9-13(3)17(20-14)10-18-4/h5-9,12,18H,10-11H2,1-4H3. The second kappa shape index (κ2) is 6.62. The summed E-state index contributed by atoms with van der Waals surface area (Å²) in [7, 11) is 1.91. The van der Waals surface area contributed by atoms with Crippen molar-refractivity contribution in [3.8, 4) is 5.75 Å². The molecule has 3 nitrogen and oxygen atoms in total. The first-order valence-corrected chi connectivity index (χ1v) is 7.06. The Bertz CT molecular complexity index is 558. The summed E-state index contributed by atoms with van der Waals surface area (Å²) in [6.07, 6.45) is 0. The van der Waals surface area contributed by atoms with Crippen LogP contribution in [0.15, 0.2) is 34.7 Å². The zero-order valence-corrected chi connectivity index (χ0v) is 12.7. The third-order valence-electron chi connectivity index (χ3n) is 3.32. The van der Waals surface area contributed by atoms with E-state index in [2.05, 4.69) is 32.2 Å². The van der Waals surface area contributed by atoms with Crippen molar-refractivity contribution in [1.29, 1.82) is 0 Å². The molecular weight excluding hydrogens is 250 g/mol. The van der Waals surface area contributed by atoms with Crippen LogP contribution in [-0.4, -0.2) is 7.05 Å². The first kappa shape index (κ1) is 14.7. The van der Waals surface area contributed by atoms with Gasteiger partial charge in [0.1, 0.15) is 23.9 Å². The molecule has 20 heavy (non-hydrogen) atoms. The van der Waals surface area contributed by atoms with E-state index in [0.717, 1.165) is 29.4 Å².